The highest BCUT2D eigenvalue weighted by atomic mass is 19.3. The number of nitrogens with zero attached hydrogens (tertiary/aromatic N) is 3. The lowest BCUT2D eigenvalue weighted by molar-refractivity contribution is -0.118. The molecule has 0 saturated heterocycles. The lowest BCUT2D eigenvalue weighted by Crippen LogP contribution is -2.27. The molecule has 0 unspecified atom stereocenters. The Morgan fingerprint density at radius 2 is 2.10 bits per heavy atom. The molecular weight excluding hydrogens is 384 g/mol. The van der Waals surface area contributed by atoms with Gasteiger partial charge in [-0.1, -0.05) is 19.1 Å². The van der Waals surface area contributed by atoms with E-state index in [1.54, 1.807) is 6.92 Å². The molecule has 0 aliphatic carbocycles. The molecule has 0 radical (unpaired) electrons. The number of nitrogens with one attached hydrogen (secondary N) is 2. The Labute approximate surface area is 165 Å². The highest BCUT2D eigenvalue weighted by Crippen LogP contribution is 2.33. The molecule has 3 N–H and O–H groups in total. The number of hydrogen-bond acceptors (Lipinski definition) is 4. The minimum Gasteiger partial charge on any atom is -0.465 e. The summed E-state index contributed by atoms with van der Waals surface area (Å²) in [5.41, 5.74) is 0.660. The topological polar surface area (TPSA) is 109 Å². The molecule has 10 heteroatoms. The van der Waals surface area contributed by atoms with E-state index in [4.69, 9.17) is 5.11 Å². The van der Waals surface area contributed by atoms with Crippen molar-refractivity contribution >= 4 is 17.7 Å². The zero-order chi connectivity index (χ0) is 21.6. The predicted molar refractivity (Wildman–Crippen MR) is 103 cm³/mol. The minimum atomic E-state index is -2.95. The molecule has 0 aliphatic heterocycles. The number of carboxylic acid groups (broad SMARTS) is 1. The number of anilines is 1. The number of amides is 2. The highest BCUT2D eigenvalue weighted by Gasteiger charge is 2.23. The molecule has 0 fully saturated rings. The summed E-state index contributed by atoms with van der Waals surface area (Å²) in [6, 6.07) is 2.22. The summed E-state index contributed by atoms with van der Waals surface area (Å²) in [5, 5.41) is 17.6. The van der Waals surface area contributed by atoms with E-state index in [0.717, 1.165) is 6.20 Å². The molecule has 2 atom stereocenters. The maximum atomic E-state index is 13.5. The van der Waals surface area contributed by atoms with Crippen LogP contribution in [0, 0.1) is 5.92 Å². The molecule has 2 aromatic heterocycles. The van der Waals surface area contributed by atoms with Crippen molar-refractivity contribution in [2.24, 2.45) is 5.92 Å². The van der Waals surface area contributed by atoms with Crippen LogP contribution in [0.5, 0.6) is 0 Å². The SMILES string of the molecule is C=CC[C@H](NC(=O)O)c1cc(-c2c(NC(=O)[C@H](C)C=C)cnn2C(F)F)ccn1. The maximum Gasteiger partial charge on any atom is 0.405 e. The predicted octanol–water partition coefficient (Wildman–Crippen LogP) is 3.99. The second kappa shape index (κ2) is 9.58. The second-order valence-corrected chi connectivity index (χ2v) is 6.14. The molecule has 154 valence electrons. The van der Waals surface area contributed by atoms with Gasteiger partial charge < -0.3 is 15.7 Å². The number of alkyl halides is 2. The number of carbonyl (C=O) groups is 2. The summed E-state index contributed by atoms with van der Waals surface area (Å²) in [5.74, 6) is -0.969. The Bertz CT molecular complexity index is 913. The molecule has 2 amide bonds. The van der Waals surface area contributed by atoms with Gasteiger partial charge >= 0.3 is 12.6 Å². The van der Waals surface area contributed by atoms with Gasteiger partial charge in [0.1, 0.15) is 0 Å². The lowest BCUT2D eigenvalue weighted by Gasteiger charge is -2.16. The average molecular weight is 405 g/mol. The third-order valence-electron chi connectivity index (χ3n) is 4.12. The molecule has 2 heterocycles. The van der Waals surface area contributed by atoms with Gasteiger partial charge in [0.05, 0.1) is 35.2 Å². The molecule has 0 aromatic carbocycles. The summed E-state index contributed by atoms with van der Waals surface area (Å²) in [4.78, 5) is 27.4. The Morgan fingerprint density at radius 3 is 2.69 bits per heavy atom. The van der Waals surface area contributed by atoms with Crippen LogP contribution in [0.25, 0.3) is 11.3 Å². The molecule has 29 heavy (non-hydrogen) atoms. The second-order valence-electron chi connectivity index (χ2n) is 6.14. The molecule has 2 aromatic rings. The molecule has 0 spiro atoms. The van der Waals surface area contributed by atoms with Crippen LogP contribution in [0.15, 0.2) is 49.8 Å². The highest BCUT2D eigenvalue weighted by molar-refractivity contribution is 5.96. The van der Waals surface area contributed by atoms with Crippen molar-refractivity contribution in [1.29, 1.82) is 0 Å². The third kappa shape index (κ3) is 5.24. The Balaban J connectivity index is 2.51. The van der Waals surface area contributed by atoms with E-state index < -0.39 is 30.5 Å². The van der Waals surface area contributed by atoms with E-state index in [2.05, 4.69) is 33.9 Å². The van der Waals surface area contributed by atoms with Crippen LogP contribution in [0.2, 0.25) is 0 Å². The summed E-state index contributed by atoms with van der Waals surface area (Å²) in [7, 11) is 0. The van der Waals surface area contributed by atoms with Crippen LogP contribution < -0.4 is 10.6 Å². The van der Waals surface area contributed by atoms with Gasteiger partial charge in [-0.05, 0) is 18.6 Å². The van der Waals surface area contributed by atoms with E-state index in [1.165, 1.54) is 30.5 Å². The Morgan fingerprint density at radius 1 is 1.38 bits per heavy atom. The van der Waals surface area contributed by atoms with Crippen molar-refractivity contribution in [2.45, 2.75) is 25.9 Å². The van der Waals surface area contributed by atoms with Gasteiger partial charge in [-0.25, -0.2) is 9.48 Å². The van der Waals surface area contributed by atoms with Crippen molar-refractivity contribution < 1.29 is 23.5 Å². The van der Waals surface area contributed by atoms with E-state index in [1.807, 2.05) is 0 Å². The summed E-state index contributed by atoms with van der Waals surface area (Å²) in [6.07, 6.45) is 4.43. The molecule has 8 nitrogen and oxygen atoms in total. The lowest BCUT2D eigenvalue weighted by atomic mass is 10.0. The van der Waals surface area contributed by atoms with Crippen LogP contribution in [-0.4, -0.2) is 31.9 Å². The molecule has 0 aliphatic rings. The van der Waals surface area contributed by atoms with Crippen LogP contribution in [0.1, 0.15) is 31.6 Å². The molecular formula is C19H21F2N5O3. The van der Waals surface area contributed by atoms with Gasteiger partial charge in [0.25, 0.3) is 0 Å². The van der Waals surface area contributed by atoms with Crippen LogP contribution in [-0.2, 0) is 4.79 Å². The van der Waals surface area contributed by atoms with Gasteiger partial charge in [-0.3, -0.25) is 9.78 Å². The van der Waals surface area contributed by atoms with Crippen molar-refractivity contribution in [2.75, 3.05) is 5.32 Å². The zero-order valence-electron chi connectivity index (χ0n) is 15.7. The minimum absolute atomic E-state index is 0.0269. The smallest absolute Gasteiger partial charge is 0.405 e. The van der Waals surface area contributed by atoms with Crippen LogP contribution >= 0.6 is 0 Å². The van der Waals surface area contributed by atoms with Gasteiger partial charge in [-0.15, -0.1) is 13.2 Å². The van der Waals surface area contributed by atoms with Gasteiger partial charge in [-0.2, -0.15) is 13.9 Å². The van der Waals surface area contributed by atoms with E-state index >= 15 is 0 Å². The monoisotopic (exact) mass is 405 g/mol. The van der Waals surface area contributed by atoms with Crippen LogP contribution in [0.3, 0.4) is 0 Å². The van der Waals surface area contributed by atoms with Crippen molar-refractivity contribution in [1.82, 2.24) is 20.1 Å². The molecule has 0 bridgehead atoms. The largest absolute Gasteiger partial charge is 0.465 e. The van der Waals surface area contributed by atoms with Crippen molar-refractivity contribution in [3.05, 3.63) is 55.5 Å². The molecule has 0 saturated carbocycles. The molecule has 2 rings (SSSR count). The van der Waals surface area contributed by atoms with E-state index in [0.29, 0.717) is 10.4 Å². The van der Waals surface area contributed by atoms with Gasteiger partial charge in [0.15, 0.2) is 0 Å². The Kier molecular flexibility index (Phi) is 7.18. The van der Waals surface area contributed by atoms with E-state index in [-0.39, 0.29) is 23.4 Å². The number of aromatic nitrogens is 3. The van der Waals surface area contributed by atoms with Crippen molar-refractivity contribution in [3.63, 3.8) is 0 Å². The quantitative estimate of drug-likeness (QED) is 0.547. The first-order chi connectivity index (χ1) is 13.8. The van der Waals surface area contributed by atoms with Gasteiger partial charge in [0.2, 0.25) is 5.91 Å². The fourth-order valence-electron chi connectivity index (χ4n) is 2.60. The first-order valence-corrected chi connectivity index (χ1v) is 8.64. The zero-order valence-corrected chi connectivity index (χ0v) is 15.7. The number of rotatable bonds is 9. The summed E-state index contributed by atoms with van der Waals surface area (Å²) >= 11 is 0. The first kappa shape index (κ1) is 21.7. The number of carbonyl (C=O) groups excluding carboxylic acids is 1. The fourth-order valence-corrected chi connectivity index (χ4v) is 2.60. The van der Waals surface area contributed by atoms with Crippen LogP contribution in [0.4, 0.5) is 19.3 Å². The number of halogens is 2. The maximum absolute atomic E-state index is 13.5. The number of pyridine rings is 1. The first-order valence-electron chi connectivity index (χ1n) is 8.64. The van der Waals surface area contributed by atoms with Crippen molar-refractivity contribution in [3.8, 4) is 11.3 Å². The number of hydrogen-bond donors (Lipinski definition) is 3. The summed E-state index contributed by atoms with van der Waals surface area (Å²) < 4.78 is 27.5. The summed E-state index contributed by atoms with van der Waals surface area (Å²) in [6.45, 7) is 5.78. The standard InChI is InChI=1S/C19H21F2N5O3/c1-4-6-13(25-19(28)29)14-9-12(7-8-22-14)16-15(10-23-26(16)18(20)21)24-17(27)11(3)5-2/h4-5,7-11,13,18,25H,1-2,6H2,3H3,(H,24,27)(H,28,29)/t11-,13+/m1/s1. The fraction of sp³-hybridized carbons (Fsp3) is 0.263. The Hall–Kier alpha value is -3.56. The average Bonchev–Trinajstić information content (AvgIpc) is 3.10. The van der Waals surface area contributed by atoms with E-state index in [9.17, 15) is 18.4 Å². The normalized spacial score (nSPS) is 12.8. The third-order valence-corrected chi connectivity index (χ3v) is 4.12. The van der Waals surface area contributed by atoms with Gasteiger partial charge in [0, 0.05) is 11.8 Å².